The van der Waals surface area contributed by atoms with Crippen molar-refractivity contribution in [2.45, 2.75) is 0 Å². The number of nitrogens with zero attached hydrogens (tertiary/aromatic N) is 3. The van der Waals surface area contributed by atoms with Crippen LogP contribution >= 0.6 is 0 Å². The van der Waals surface area contributed by atoms with Crippen molar-refractivity contribution >= 4 is 65.0 Å². The zero-order valence-corrected chi connectivity index (χ0v) is 28.7. The Hall–Kier alpha value is -7.10. The van der Waals surface area contributed by atoms with Gasteiger partial charge in [-0.2, -0.15) is 0 Å². The third-order valence-electron chi connectivity index (χ3n) is 10.8. The van der Waals surface area contributed by atoms with Gasteiger partial charge in [-0.3, -0.25) is 4.57 Å². The van der Waals surface area contributed by atoms with E-state index in [-0.39, 0.29) is 0 Å². The van der Waals surface area contributed by atoms with Crippen molar-refractivity contribution in [2.75, 3.05) is 0 Å². The minimum absolute atomic E-state index is 0.656. The van der Waals surface area contributed by atoms with Crippen LogP contribution in [0, 0.1) is 0 Å². The van der Waals surface area contributed by atoms with Crippen LogP contribution in [0.15, 0.2) is 188 Å². The summed E-state index contributed by atoms with van der Waals surface area (Å²) in [5.41, 5.74) is 9.70. The fraction of sp³-hybridized carbons (Fsp3) is 0. The Bertz CT molecular complexity index is 3120. The first-order valence-corrected chi connectivity index (χ1v) is 18.1. The summed E-state index contributed by atoms with van der Waals surface area (Å²) in [6.07, 6.45) is 0. The van der Waals surface area contributed by atoms with E-state index >= 15 is 0 Å². The van der Waals surface area contributed by atoms with Crippen LogP contribution in [0.1, 0.15) is 0 Å². The van der Waals surface area contributed by atoms with E-state index < -0.39 is 0 Å². The molecule has 0 N–H and O–H groups in total. The van der Waals surface area contributed by atoms with E-state index in [1.165, 1.54) is 59.8 Å². The number of hydrogen-bond acceptors (Lipinski definition) is 2. The Morgan fingerprint density at radius 2 is 0.830 bits per heavy atom. The summed E-state index contributed by atoms with van der Waals surface area (Å²) in [7, 11) is 0. The lowest BCUT2D eigenvalue weighted by molar-refractivity contribution is 1.01. The van der Waals surface area contributed by atoms with Gasteiger partial charge in [-0.25, -0.2) is 9.97 Å². The lowest BCUT2D eigenvalue weighted by Gasteiger charge is -2.14. The average molecular weight is 674 g/mol. The molecule has 0 atom stereocenters. The second-order valence-electron chi connectivity index (χ2n) is 13.8. The van der Waals surface area contributed by atoms with Gasteiger partial charge in [0.15, 0.2) is 0 Å². The van der Waals surface area contributed by atoms with Crippen molar-refractivity contribution in [1.29, 1.82) is 0 Å². The normalized spacial score (nSPS) is 11.8. The molecule has 0 saturated heterocycles. The monoisotopic (exact) mass is 673 g/mol. The molecular weight excluding hydrogens is 643 g/mol. The Morgan fingerprint density at radius 3 is 1.53 bits per heavy atom. The third kappa shape index (κ3) is 4.75. The molecule has 53 heavy (non-hydrogen) atoms. The summed E-state index contributed by atoms with van der Waals surface area (Å²) in [6.45, 7) is 0. The molecule has 246 valence electrons. The van der Waals surface area contributed by atoms with E-state index in [0.717, 1.165) is 38.8 Å². The minimum Gasteiger partial charge on any atom is -0.278 e. The summed E-state index contributed by atoms with van der Waals surface area (Å²) >= 11 is 0. The Kier molecular flexibility index (Phi) is 6.55. The molecule has 0 aliphatic heterocycles. The average Bonchev–Trinajstić information content (AvgIpc) is 3.59. The molecule has 0 spiro atoms. The highest BCUT2D eigenvalue weighted by molar-refractivity contribution is 6.28. The van der Waals surface area contributed by atoms with E-state index in [9.17, 15) is 0 Å². The standard InChI is InChI=1S/C50H31N3/c1-2-10-32(11-3-1)34-18-21-37(22-19-34)49-43-31-40(39-23-20-33-12-4-5-15-38(33)30-39)24-27-44(43)51-50(52-49)53-45-28-25-35-13-6-8-16-41(35)47(45)48-42-17-9-7-14-36(42)26-29-46(48)53/h1-31H. The second-order valence-corrected chi connectivity index (χ2v) is 13.8. The maximum atomic E-state index is 5.51. The van der Waals surface area contributed by atoms with Crippen LogP contribution in [0.25, 0.3) is 104 Å². The van der Waals surface area contributed by atoms with Gasteiger partial charge >= 0.3 is 0 Å². The smallest absolute Gasteiger partial charge is 0.235 e. The van der Waals surface area contributed by atoms with Gasteiger partial charge < -0.3 is 0 Å². The topological polar surface area (TPSA) is 30.7 Å². The summed E-state index contributed by atoms with van der Waals surface area (Å²) in [6, 6.07) is 67.4. The third-order valence-corrected chi connectivity index (χ3v) is 10.8. The van der Waals surface area contributed by atoms with E-state index in [4.69, 9.17) is 9.97 Å². The summed E-state index contributed by atoms with van der Waals surface area (Å²) in [4.78, 5) is 10.9. The molecule has 9 aromatic carbocycles. The zero-order valence-electron chi connectivity index (χ0n) is 28.7. The molecular formula is C50H31N3. The lowest BCUT2D eigenvalue weighted by atomic mass is 9.97. The van der Waals surface area contributed by atoms with E-state index in [0.29, 0.717) is 5.95 Å². The molecule has 0 aliphatic carbocycles. The molecule has 0 aliphatic rings. The molecule has 0 unspecified atom stereocenters. The highest BCUT2D eigenvalue weighted by Crippen LogP contribution is 2.41. The predicted molar refractivity (Wildman–Crippen MR) is 223 cm³/mol. The largest absolute Gasteiger partial charge is 0.278 e. The van der Waals surface area contributed by atoms with Gasteiger partial charge in [0.05, 0.1) is 22.2 Å². The molecule has 11 aromatic rings. The van der Waals surface area contributed by atoms with Crippen LogP contribution in [0.2, 0.25) is 0 Å². The van der Waals surface area contributed by atoms with Crippen molar-refractivity contribution in [3.05, 3.63) is 188 Å². The van der Waals surface area contributed by atoms with Crippen LogP contribution in [0.4, 0.5) is 0 Å². The van der Waals surface area contributed by atoms with E-state index in [1.54, 1.807) is 0 Å². The second kappa shape index (κ2) is 11.7. The highest BCUT2D eigenvalue weighted by Gasteiger charge is 2.21. The van der Waals surface area contributed by atoms with Crippen LogP contribution in [0.3, 0.4) is 0 Å². The summed E-state index contributed by atoms with van der Waals surface area (Å²) in [5.74, 6) is 0.656. The quantitative estimate of drug-likeness (QED) is 0.186. The number of benzene rings is 9. The van der Waals surface area contributed by atoms with E-state index in [1.807, 2.05) is 0 Å². The van der Waals surface area contributed by atoms with Crippen LogP contribution < -0.4 is 0 Å². The Balaban J connectivity index is 1.19. The molecule has 0 amide bonds. The molecule has 2 aromatic heterocycles. The van der Waals surface area contributed by atoms with Gasteiger partial charge in [0.25, 0.3) is 0 Å². The summed E-state index contributed by atoms with van der Waals surface area (Å²) < 4.78 is 2.27. The number of hydrogen-bond donors (Lipinski definition) is 0. The maximum Gasteiger partial charge on any atom is 0.235 e. The molecule has 2 heterocycles. The Labute approximate surface area is 306 Å². The van der Waals surface area contributed by atoms with Crippen molar-refractivity contribution in [2.24, 2.45) is 0 Å². The van der Waals surface area contributed by atoms with Crippen LogP contribution in [0.5, 0.6) is 0 Å². The molecule has 3 heteroatoms. The van der Waals surface area contributed by atoms with Gasteiger partial charge in [0, 0.05) is 21.7 Å². The first-order chi connectivity index (χ1) is 26.3. The minimum atomic E-state index is 0.656. The van der Waals surface area contributed by atoms with Gasteiger partial charge in [0.2, 0.25) is 5.95 Å². The molecule has 0 radical (unpaired) electrons. The SMILES string of the molecule is c1ccc(-c2ccc(-c3nc(-n4c5ccc6ccccc6c5c5c6ccccc6ccc54)nc4ccc(-c5ccc6ccccc6c5)cc34)cc2)cc1. The van der Waals surface area contributed by atoms with Crippen molar-refractivity contribution in [1.82, 2.24) is 14.5 Å². The van der Waals surface area contributed by atoms with Gasteiger partial charge in [-0.15, -0.1) is 0 Å². The lowest BCUT2D eigenvalue weighted by Crippen LogP contribution is -2.03. The molecule has 0 bridgehead atoms. The summed E-state index contributed by atoms with van der Waals surface area (Å²) in [5, 5.41) is 10.8. The maximum absolute atomic E-state index is 5.51. The first kappa shape index (κ1) is 29.6. The highest BCUT2D eigenvalue weighted by atomic mass is 15.2. The fourth-order valence-corrected chi connectivity index (χ4v) is 8.20. The zero-order chi connectivity index (χ0) is 34.9. The molecule has 0 saturated carbocycles. The first-order valence-electron chi connectivity index (χ1n) is 18.1. The van der Waals surface area contributed by atoms with Crippen molar-refractivity contribution in [3.8, 4) is 39.5 Å². The predicted octanol–water partition coefficient (Wildman–Crippen LogP) is 13.2. The van der Waals surface area contributed by atoms with Gasteiger partial charge in [-0.1, -0.05) is 158 Å². The fourth-order valence-electron chi connectivity index (χ4n) is 8.20. The van der Waals surface area contributed by atoms with Gasteiger partial charge in [0.1, 0.15) is 0 Å². The van der Waals surface area contributed by atoms with Crippen molar-refractivity contribution < 1.29 is 0 Å². The number of rotatable bonds is 4. The number of aromatic nitrogens is 3. The van der Waals surface area contributed by atoms with Crippen LogP contribution in [-0.2, 0) is 0 Å². The molecule has 0 fully saturated rings. The van der Waals surface area contributed by atoms with Crippen molar-refractivity contribution in [3.63, 3.8) is 0 Å². The van der Waals surface area contributed by atoms with E-state index in [2.05, 4.69) is 193 Å². The number of fused-ring (bicyclic) bond motifs is 9. The van der Waals surface area contributed by atoms with Crippen LogP contribution in [-0.4, -0.2) is 14.5 Å². The molecule has 11 rings (SSSR count). The molecule has 3 nitrogen and oxygen atoms in total. The Morgan fingerprint density at radius 1 is 0.321 bits per heavy atom. The van der Waals surface area contributed by atoms with Gasteiger partial charge in [-0.05, 0) is 84.9 Å².